The fraction of sp³-hybridized carbons (Fsp3) is 0.500. The van der Waals surface area contributed by atoms with Crippen LogP contribution in [-0.4, -0.2) is 30.6 Å². The Labute approximate surface area is 102 Å². The molecular weight excluding hydrogens is 218 g/mol. The van der Waals surface area contributed by atoms with E-state index in [1.807, 2.05) is 25.1 Å². The van der Waals surface area contributed by atoms with Crippen LogP contribution in [0.3, 0.4) is 0 Å². The molecule has 1 heterocycles. The molecule has 0 spiro atoms. The molecule has 1 rings (SSSR count). The van der Waals surface area contributed by atoms with E-state index in [0.717, 1.165) is 18.2 Å². The Hall–Kier alpha value is -1.78. The Morgan fingerprint density at radius 2 is 2.00 bits per heavy atom. The van der Waals surface area contributed by atoms with Gasteiger partial charge in [-0.25, -0.2) is 4.98 Å². The topological polar surface area (TPSA) is 63.2 Å². The predicted octanol–water partition coefficient (Wildman–Crippen LogP) is 1.88. The van der Waals surface area contributed by atoms with E-state index < -0.39 is 0 Å². The molecule has 1 aromatic rings. The molecule has 0 radical (unpaired) electrons. The van der Waals surface area contributed by atoms with Crippen LogP contribution in [0.5, 0.6) is 0 Å². The van der Waals surface area contributed by atoms with Gasteiger partial charge in [-0.05, 0) is 26.0 Å². The lowest BCUT2D eigenvalue weighted by atomic mass is 10.4. The number of rotatable bonds is 7. The summed E-state index contributed by atoms with van der Waals surface area (Å²) in [5.74, 6) is 1.39. The van der Waals surface area contributed by atoms with Gasteiger partial charge in [-0.3, -0.25) is 4.79 Å². The number of hydrogen-bond donors (Lipinski definition) is 2. The number of ether oxygens (including phenoxy) is 1. The van der Waals surface area contributed by atoms with Crippen LogP contribution in [0.15, 0.2) is 18.2 Å². The predicted molar refractivity (Wildman–Crippen MR) is 68.1 cm³/mol. The number of carbonyl (C=O) groups excluding carboxylic acids is 1. The zero-order chi connectivity index (χ0) is 12.5. The van der Waals surface area contributed by atoms with Crippen molar-refractivity contribution in [3.63, 3.8) is 0 Å². The standard InChI is InChI=1S/C12H19N3O2/c1-3-13-10-6-5-7-11(15-10)14-9-8-12(16)17-4-2/h5-7H,3-4,8-9H2,1-2H3,(H2,13,14,15). The lowest BCUT2D eigenvalue weighted by Crippen LogP contribution is -2.12. The lowest BCUT2D eigenvalue weighted by molar-refractivity contribution is -0.142. The van der Waals surface area contributed by atoms with E-state index >= 15 is 0 Å². The third kappa shape index (κ3) is 5.19. The van der Waals surface area contributed by atoms with Crippen molar-refractivity contribution in [1.29, 1.82) is 0 Å². The Kier molecular flexibility index (Phi) is 5.85. The van der Waals surface area contributed by atoms with Crippen molar-refractivity contribution in [3.8, 4) is 0 Å². The Balaban J connectivity index is 2.35. The summed E-state index contributed by atoms with van der Waals surface area (Å²) >= 11 is 0. The Morgan fingerprint density at radius 3 is 2.65 bits per heavy atom. The summed E-state index contributed by atoms with van der Waals surface area (Å²) in [6.45, 7) is 5.60. The third-order valence-corrected chi connectivity index (χ3v) is 2.05. The maximum absolute atomic E-state index is 11.1. The molecular formula is C12H19N3O2. The van der Waals surface area contributed by atoms with Gasteiger partial charge in [0.25, 0.3) is 0 Å². The number of carbonyl (C=O) groups is 1. The number of esters is 1. The molecule has 0 bridgehead atoms. The normalized spacial score (nSPS) is 9.76. The molecule has 0 saturated carbocycles. The number of nitrogens with zero attached hydrogens (tertiary/aromatic N) is 1. The molecule has 2 N–H and O–H groups in total. The van der Waals surface area contributed by atoms with E-state index in [4.69, 9.17) is 4.74 Å². The van der Waals surface area contributed by atoms with Crippen LogP contribution >= 0.6 is 0 Å². The maximum Gasteiger partial charge on any atom is 0.307 e. The summed E-state index contributed by atoms with van der Waals surface area (Å²) in [6, 6.07) is 5.68. The van der Waals surface area contributed by atoms with Crippen molar-refractivity contribution < 1.29 is 9.53 Å². The first kappa shape index (κ1) is 13.3. The average Bonchev–Trinajstić information content (AvgIpc) is 2.30. The van der Waals surface area contributed by atoms with Crippen LogP contribution in [0.4, 0.5) is 11.6 Å². The van der Waals surface area contributed by atoms with Crippen molar-refractivity contribution in [1.82, 2.24) is 4.98 Å². The van der Waals surface area contributed by atoms with E-state index in [-0.39, 0.29) is 5.97 Å². The van der Waals surface area contributed by atoms with Crippen molar-refractivity contribution in [2.75, 3.05) is 30.3 Å². The number of hydrogen-bond acceptors (Lipinski definition) is 5. The second-order valence-electron chi connectivity index (χ2n) is 3.42. The van der Waals surface area contributed by atoms with Gasteiger partial charge in [0, 0.05) is 13.1 Å². The highest BCUT2D eigenvalue weighted by Crippen LogP contribution is 2.08. The molecule has 1 aromatic heterocycles. The first-order valence-electron chi connectivity index (χ1n) is 5.86. The molecule has 0 aliphatic rings. The van der Waals surface area contributed by atoms with Crippen molar-refractivity contribution >= 4 is 17.6 Å². The number of aromatic nitrogens is 1. The highest BCUT2D eigenvalue weighted by Gasteiger charge is 2.01. The van der Waals surface area contributed by atoms with Gasteiger partial charge in [0.05, 0.1) is 13.0 Å². The average molecular weight is 237 g/mol. The molecule has 0 amide bonds. The van der Waals surface area contributed by atoms with Crippen molar-refractivity contribution in [2.45, 2.75) is 20.3 Å². The van der Waals surface area contributed by atoms with E-state index in [9.17, 15) is 4.79 Å². The van der Waals surface area contributed by atoms with E-state index in [0.29, 0.717) is 19.6 Å². The first-order valence-corrected chi connectivity index (χ1v) is 5.86. The van der Waals surface area contributed by atoms with Gasteiger partial charge in [0.1, 0.15) is 11.6 Å². The van der Waals surface area contributed by atoms with Crippen LogP contribution in [0, 0.1) is 0 Å². The zero-order valence-electron chi connectivity index (χ0n) is 10.3. The van der Waals surface area contributed by atoms with Gasteiger partial charge in [0.15, 0.2) is 0 Å². The molecule has 0 saturated heterocycles. The summed E-state index contributed by atoms with van der Waals surface area (Å²) in [4.78, 5) is 15.4. The molecule has 0 unspecified atom stereocenters. The van der Waals surface area contributed by atoms with E-state index in [1.54, 1.807) is 6.92 Å². The van der Waals surface area contributed by atoms with E-state index in [1.165, 1.54) is 0 Å². The Bertz CT molecular complexity index is 355. The monoisotopic (exact) mass is 237 g/mol. The smallest absolute Gasteiger partial charge is 0.307 e. The van der Waals surface area contributed by atoms with Gasteiger partial charge in [-0.15, -0.1) is 0 Å². The lowest BCUT2D eigenvalue weighted by Gasteiger charge is -2.07. The Morgan fingerprint density at radius 1 is 1.29 bits per heavy atom. The third-order valence-electron chi connectivity index (χ3n) is 2.05. The van der Waals surface area contributed by atoms with Gasteiger partial charge >= 0.3 is 5.97 Å². The second-order valence-corrected chi connectivity index (χ2v) is 3.42. The molecule has 5 heteroatoms. The molecule has 0 fully saturated rings. The molecule has 17 heavy (non-hydrogen) atoms. The molecule has 0 atom stereocenters. The number of nitrogens with one attached hydrogen (secondary N) is 2. The summed E-state index contributed by atoms with van der Waals surface area (Å²) in [5.41, 5.74) is 0. The molecule has 5 nitrogen and oxygen atoms in total. The first-order chi connectivity index (χ1) is 8.26. The van der Waals surface area contributed by atoms with Crippen LogP contribution in [0.1, 0.15) is 20.3 Å². The minimum absolute atomic E-state index is 0.192. The van der Waals surface area contributed by atoms with Gasteiger partial charge in [0.2, 0.25) is 0 Å². The highest BCUT2D eigenvalue weighted by molar-refractivity contribution is 5.70. The van der Waals surface area contributed by atoms with Crippen LogP contribution in [0.25, 0.3) is 0 Å². The minimum Gasteiger partial charge on any atom is -0.466 e. The zero-order valence-corrected chi connectivity index (χ0v) is 10.3. The van der Waals surface area contributed by atoms with Gasteiger partial charge in [-0.2, -0.15) is 0 Å². The summed E-state index contributed by atoms with van der Waals surface area (Å²) < 4.78 is 4.83. The number of pyridine rings is 1. The van der Waals surface area contributed by atoms with Crippen LogP contribution < -0.4 is 10.6 Å². The van der Waals surface area contributed by atoms with Crippen molar-refractivity contribution in [3.05, 3.63) is 18.2 Å². The maximum atomic E-state index is 11.1. The molecule has 0 aliphatic carbocycles. The van der Waals surface area contributed by atoms with Gasteiger partial charge in [-0.1, -0.05) is 6.07 Å². The summed E-state index contributed by atoms with van der Waals surface area (Å²) in [7, 11) is 0. The van der Waals surface area contributed by atoms with Crippen LogP contribution in [0.2, 0.25) is 0 Å². The molecule has 0 aromatic carbocycles. The molecule has 0 aliphatic heterocycles. The molecule has 94 valence electrons. The fourth-order valence-corrected chi connectivity index (χ4v) is 1.34. The summed E-state index contributed by atoms with van der Waals surface area (Å²) in [5, 5.41) is 6.21. The van der Waals surface area contributed by atoms with Crippen molar-refractivity contribution in [2.24, 2.45) is 0 Å². The van der Waals surface area contributed by atoms with Gasteiger partial charge < -0.3 is 15.4 Å². The van der Waals surface area contributed by atoms with Crippen LogP contribution in [-0.2, 0) is 9.53 Å². The van der Waals surface area contributed by atoms with E-state index in [2.05, 4.69) is 15.6 Å². The highest BCUT2D eigenvalue weighted by atomic mass is 16.5. The minimum atomic E-state index is -0.192. The fourth-order valence-electron chi connectivity index (χ4n) is 1.34. The quantitative estimate of drug-likeness (QED) is 0.709. The second kappa shape index (κ2) is 7.49. The summed E-state index contributed by atoms with van der Waals surface area (Å²) in [6.07, 6.45) is 0.348. The largest absolute Gasteiger partial charge is 0.466 e. The number of anilines is 2. The SMILES string of the molecule is CCNc1cccc(NCCC(=O)OCC)n1.